The zero-order valence-corrected chi connectivity index (χ0v) is 15.9. The summed E-state index contributed by atoms with van der Waals surface area (Å²) in [5, 5.41) is 6.74. The lowest BCUT2D eigenvalue weighted by atomic mass is 10.2. The van der Waals surface area contributed by atoms with E-state index in [1.54, 1.807) is 36.5 Å². The molecule has 7 heteroatoms. The summed E-state index contributed by atoms with van der Waals surface area (Å²) in [5.41, 5.74) is 1.79. The molecule has 2 aromatic carbocycles. The summed E-state index contributed by atoms with van der Waals surface area (Å²) in [6.45, 7) is 0. The van der Waals surface area contributed by atoms with Gasteiger partial charge in [0.1, 0.15) is 5.82 Å². The second kappa shape index (κ2) is 7.87. The minimum absolute atomic E-state index is 0.300. The van der Waals surface area contributed by atoms with Gasteiger partial charge in [-0.25, -0.2) is 4.98 Å². The number of halogens is 3. The second-order valence-electron chi connectivity index (χ2n) is 5.11. The number of amides is 1. The van der Waals surface area contributed by atoms with Gasteiger partial charge in [0.15, 0.2) is 0 Å². The van der Waals surface area contributed by atoms with Gasteiger partial charge in [0.2, 0.25) is 0 Å². The molecular formula is C18H12BrCl2N3O. The molecule has 25 heavy (non-hydrogen) atoms. The van der Waals surface area contributed by atoms with Crippen molar-refractivity contribution in [3.8, 4) is 0 Å². The number of pyridine rings is 1. The van der Waals surface area contributed by atoms with E-state index in [0.717, 1.165) is 10.2 Å². The van der Waals surface area contributed by atoms with Crippen LogP contribution in [0.4, 0.5) is 17.2 Å². The van der Waals surface area contributed by atoms with Gasteiger partial charge in [0.25, 0.3) is 5.91 Å². The third-order valence-electron chi connectivity index (χ3n) is 3.34. The summed E-state index contributed by atoms with van der Waals surface area (Å²) in [6, 6.07) is 15.9. The van der Waals surface area contributed by atoms with Crippen molar-refractivity contribution < 1.29 is 4.79 Å². The van der Waals surface area contributed by atoms with Crippen LogP contribution in [0, 0.1) is 0 Å². The van der Waals surface area contributed by atoms with Crippen molar-refractivity contribution in [2.24, 2.45) is 0 Å². The van der Waals surface area contributed by atoms with Crippen molar-refractivity contribution in [3.05, 3.63) is 80.9 Å². The normalized spacial score (nSPS) is 10.4. The first-order valence-corrected chi connectivity index (χ1v) is 8.82. The van der Waals surface area contributed by atoms with Crippen molar-refractivity contribution in [1.82, 2.24) is 4.98 Å². The number of anilines is 3. The Hall–Kier alpha value is -2.08. The molecule has 4 nitrogen and oxygen atoms in total. The van der Waals surface area contributed by atoms with Gasteiger partial charge < -0.3 is 10.6 Å². The van der Waals surface area contributed by atoms with E-state index in [-0.39, 0.29) is 5.91 Å². The minimum Gasteiger partial charge on any atom is -0.340 e. The van der Waals surface area contributed by atoms with E-state index in [1.165, 1.54) is 0 Å². The molecule has 0 bridgehead atoms. The lowest BCUT2D eigenvalue weighted by Gasteiger charge is -2.11. The van der Waals surface area contributed by atoms with Crippen LogP contribution in [0.25, 0.3) is 0 Å². The summed E-state index contributed by atoms with van der Waals surface area (Å²) < 4.78 is 0.969. The van der Waals surface area contributed by atoms with E-state index in [2.05, 4.69) is 31.5 Å². The number of benzene rings is 2. The van der Waals surface area contributed by atoms with Gasteiger partial charge in [-0.05, 0) is 54.6 Å². The fourth-order valence-corrected chi connectivity index (χ4v) is 2.69. The largest absolute Gasteiger partial charge is 0.340 e. The molecule has 0 atom stereocenters. The summed E-state index contributed by atoms with van der Waals surface area (Å²) in [7, 11) is 0. The molecule has 1 amide bonds. The lowest BCUT2D eigenvalue weighted by Crippen LogP contribution is -2.14. The smallest absolute Gasteiger partial charge is 0.259 e. The SMILES string of the molecule is O=C(Nc1ccc(Cl)c(Cl)c1)c1cccnc1Nc1ccc(Br)cc1. The van der Waals surface area contributed by atoms with Gasteiger partial charge in [-0.3, -0.25) is 4.79 Å². The van der Waals surface area contributed by atoms with Crippen molar-refractivity contribution in [2.75, 3.05) is 10.6 Å². The number of aromatic nitrogens is 1. The van der Waals surface area contributed by atoms with Crippen LogP contribution in [0.2, 0.25) is 10.0 Å². The number of nitrogens with zero attached hydrogens (tertiary/aromatic N) is 1. The van der Waals surface area contributed by atoms with Crippen LogP contribution in [0.15, 0.2) is 65.3 Å². The van der Waals surface area contributed by atoms with Crippen molar-refractivity contribution in [2.45, 2.75) is 0 Å². The third-order valence-corrected chi connectivity index (χ3v) is 4.60. The molecule has 2 N–H and O–H groups in total. The molecule has 1 aromatic heterocycles. The zero-order chi connectivity index (χ0) is 17.8. The van der Waals surface area contributed by atoms with Crippen LogP contribution in [0.1, 0.15) is 10.4 Å². The van der Waals surface area contributed by atoms with Crippen LogP contribution in [0.5, 0.6) is 0 Å². The van der Waals surface area contributed by atoms with Crippen molar-refractivity contribution in [3.63, 3.8) is 0 Å². The van der Waals surface area contributed by atoms with Gasteiger partial charge in [-0.1, -0.05) is 39.1 Å². The number of hydrogen-bond donors (Lipinski definition) is 2. The highest BCUT2D eigenvalue weighted by Crippen LogP contribution is 2.26. The zero-order valence-electron chi connectivity index (χ0n) is 12.8. The Morgan fingerprint density at radius 1 is 0.960 bits per heavy atom. The van der Waals surface area contributed by atoms with Crippen molar-refractivity contribution in [1.29, 1.82) is 0 Å². The predicted octanol–water partition coefficient (Wildman–Crippen LogP) is 6.15. The Morgan fingerprint density at radius 2 is 1.68 bits per heavy atom. The topological polar surface area (TPSA) is 54.0 Å². The van der Waals surface area contributed by atoms with Crippen LogP contribution in [0.3, 0.4) is 0 Å². The van der Waals surface area contributed by atoms with E-state index in [0.29, 0.717) is 27.1 Å². The minimum atomic E-state index is -0.300. The summed E-state index contributed by atoms with van der Waals surface area (Å²) >= 11 is 15.3. The highest BCUT2D eigenvalue weighted by molar-refractivity contribution is 9.10. The second-order valence-corrected chi connectivity index (χ2v) is 6.84. The monoisotopic (exact) mass is 435 g/mol. The van der Waals surface area contributed by atoms with Gasteiger partial charge in [0, 0.05) is 22.0 Å². The lowest BCUT2D eigenvalue weighted by molar-refractivity contribution is 0.102. The van der Waals surface area contributed by atoms with E-state index in [4.69, 9.17) is 23.2 Å². The van der Waals surface area contributed by atoms with E-state index >= 15 is 0 Å². The first-order valence-electron chi connectivity index (χ1n) is 7.27. The number of carbonyl (C=O) groups is 1. The molecule has 0 aliphatic carbocycles. The number of hydrogen-bond acceptors (Lipinski definition) is 3. The highest BCUT2D eigenvalue weighted by atomic mass is 79.9. The Kier molecular flexibility index (Phi) is 5.58. The van der Waals surface area contributed by atoms with Gasteiger partial charge in [-0.15, -0.1) is 0 Å². The molecule has 0 radical (unpaired) electrons. The Labute approximate surface area is 163 Å². The molecule has 3 aromatic rings. The molecule has 0 aliphatic rings. The Balaban J connectivity index is 1.82. The Bertz CT molecular complexity index is 916. The molecule has 0 saturated carbocycles. The van der Waals surface area contributed by atoms with Crippen LogP contribution >= 0.6 is 39.1 Å². The summed E-state index contributed by atoms with van der Waals surface area (Å²) in [4.78, 5) is 16.9. The fraction of sp³-hybridized carbons (Fsp3) is 0. The maximum Gasteiger partial charge on any atom is 0.259 e. The number of carbonyl (C=O) groups excluding carboxylic acids is 1. The molecule has 126 valence electrons. The van der Waals surface area contributed by atoms with Crippen LogP contribution < -0.4 is 10.6 Å². The van der Waals surface area contributed by atoms with Crippen LogP contribution in [-0.4, -0.2) is 10.9 Å². The van der Waals surface area contributed by atoms with E-state index in [9.17, 15) is 4.79 Å². The number of nitrogens with one attached hydrogen (secondary N) is 2. The average Bonchev–Trinajstić information content (AvgIpc) is 2.60. The van der Waals surface area contributed by atoms with Gasteiger partial charge in [0.05, 0.1) is 15.6 Å². The van der Waals surface area contributed by atoms with Gasteiger partial charge in [-0.2, -0.15) is 0 Å². The average molecular weight is 437 g/mol. The highest BCUT2D eigenvalue weighted by Gasteiger charge is 2.13. The summed E-state index contributed by atoms with van der Waals surface area (Å²) in [5.74, 6) is 0.161. The predicted molar refractivity (Wildman–Crippen MR) is 106 cm³/mol. The maximum absolute atomic E-state index is 12.6. The Morgan fingerprint density at radius 3 is 2.40 bits per heavy atom. The first-order chi connectivity index (χ1) is 12.0. The first kappa shape index (κ1) is 17.7. The summed E-state index contributed by atoms with van der Waals surface area (Å²) in [6.07, 6.45) is 1.62. The quantitative estimate of drug-likeness (QED) is 0.515. The molecule has 0 saturated heterocycles. The van der Waals surface area contributed by atoms with Gasteiger partial charge >= 0.3 is 0 Å². The molecule has 1 heterocycles. The van der Waals surface area contributed by atoms with E-state index < -0.39 is 0 Å². The molecular weight excluding hydrogens is 425 g/mol. The maximum atomic E-state index is 12.6. The van der Waals surface area contributed by atoms with Crippen LogP contribution in [-0.2, 0) is 0 Å². The number of rotatable bonds is 4. The molecule has 0 spiro atoms. The van der Waals surface area contributed by atoms with Crippen molar-refractivity contribution >= 4 is 62.2 Å². The molecule has 0 unspecified atom stereocenters. The third kappa shape index (κ3) is 4.51. The molecule has 0 fully saturated rings. The van der Waals surface area contributed by atoms with E-state index in [1.807, 2.05) is 24.3 Å². The molecule has 0 aliphatic heterocycles. The standard InChI is InChI=1S/C18H12BrCl2N3O/c19-11-3-5-12(6-4-11)23-17-14(2-1-9-22-17)18(25)24-13-7-8-15(20)16(21)10-13/h1-10H,(H,22,23)(H,24,25). The fourth-order valence-electron chi connectivity index (χ4n) is 2.13. The molecule has 3 rings (SSSR count).